The highest BCUT2D eigenvalue weighted by molar-refractivity contribution is 7.98. The third-order valence-corrected chi connectivity index (χ3v) is 6.47. The molecule has 1 aliphatic rings. The normalized spacial score (nSPS) is 16.8. The van der Waals surface area contributed by atoms with E-state index in [0.717, 1.165) is 27.4 Å². The Labute approximate surface area is 188 Å². The highest BCUT2D eigenvalue weighted by Crippen LogP contribution is 2.39. The van der Waals surface area contributed by atoms with Crippen LogP contribution in [-0.4, -0.2) is 14.1 Å². The fraction of sp³-hybridized carbons (Fsp3) is 0.0385. The van der Waals surface area contributed by atoms with Crippen LogP contribution in [0.25, 0.3) is 44.2 Å². The summed E-state index contributed by atoms with van der Waals surface area (Å²) in [6.07, 6.45) is 0. The lowest BCUT2D eigenvalue weighted by atomic mass is 10.1. The standard InChI is InChI=1S/C26H17N3S/c1-4-10-23-19(7-1)20-8-2-5-11-24(20)28(23)18-13-14-22-17(15-18)16-30-26-27-21-9-3-6-12-25(21)29(22)26/h1-15H,16H2/i1D,2D,4D,5D,7D,8D,10D,11D. The summed E-state index contributed by atoms with van der Waals surface area (Å²) in [5.41, 5.74) is 4.57. The van der Waals surface area contributed by atoms with Crippen LogP contribution in [0.15, 0.2) is 96.0 Å². The third-order valence-electron chi connectivity index (χ3n) is 5.48. The zero-order valence-electron chi connectivity index (χ0n) is 23.5. The molecular formula is C26H17N3S. The molecular weight excluding hydrogens is 386 g/mol. The number of fused-ring (bicyclic) bond motifs is 8. The van der Waals surface area contributed by atoms with Gasteiger partial charge in [0.1, 0.15) is 0 Å². The number of thioether (sulfide) groups is 1. The molecule has 0 atom stereocenters. The Hall–Kier alpha value is -3.50. The maximum Gasteiger partial charge on any atom is 0.174 e. The Morgan fingerprint density at radius 2 is 1.53 bits per heavy atom. The molecule has 4 aromatic carbocycles. The quantitative estimate of drug-likeness (QED) is 0.299. The lowest BCUT2D eigenvalue weighted by Crippen LogP contribution is -2.07. The van der Waals surface area contributed by atoms with Crippen LogP contribution in [-0.2, 0) is 5.75 Å². The number of aromatic nitrogens is 3. The van der Waals surface area contributed by atoms with Gasteiger partial charge in [0.2, 0.25) is 0 Å². The molecule has 2 aromatic heterocycles. The monoisotopic (exact) mass is 411 g/mol. The van der Waals surface area contributed by atoms with E-state index in [1.54, 1.807) is 16.3 Å². The summed E-state index contributed by atoms with van der Waals surface area (Å²) in [4.78, 5) is 4.74. The summed E-state index contributed by atoms with van der Waals surface area (Å²) in [5.74, 6) is 0.625. The van der Waals surface area contributed by atoms with Gasteiger partial charge >= 0.3 is 0 Å². The summed E-state index contributed by atoms with van der Waals surface area (Å²) >= 11 is 1.59. The molecule has 0 fully saturated rings. The Morgan fingerprint density at radius 3 is 2.33 bits per heavy atom. The molecule has 0 spiro atoms. The van der Waals surface area contributed by atoms with Gasteiger partial charge < -0.3 is 4.57 Å². The predicted molar refractivity (Wildman–Crippen MR) is 125 cm³/mol. The first-order valence-electron chi connectivity index (χ1n) is 13.5. The van der Waals surface area contributed by atoms with Crippen LogP contribution in [0.3, 0.4) is 0 Å². The molecule has 1 aliphatic heterocycles. The second kappa shape index (κ2) is 6.00. The second-order valence-corrected chi connectivity index (χ2v) is 8.05. The first-order valence-corrected chi connectivity index (χ1v) is 10.4. The van der Waals surface area contributed by atoms with E-state index in [4.69, 9.17) is 16.0 Å². The Balaban J connectivity index is 1.61. The fourth-order valence-electron chi connectivity index (χ4n) is 4.20. The lowest BCUT2D eigenvalue weighted by molar-refractivity contribution is 0.893. The topological polar surface area (TPSA) is 22.8 Å². The van der Waals surface area contributed by atoms with Crippen molar-refractivity contribution in [1.82, 2.24) is 14.1 Å². The van der Waals surface area contributed by atoms with Crippen molar-refractivity contribution in [3.63, 3.8) is 0 Å². The Morgan fingerprint density at radius 1 is 0.800 bits per heavy atom. The minimum absolute atomic E-state index is 0.0768. The summed E-state index contributed by atoms with van der Waals surface area (Å²) < 4.78 is 71.3. The van der Waals surface area contributed by atoms with Crippen molar-refractivity contribution in [2.75, 3.05) is 0 Å². The van der Waals surface area contributed by atoms with Crippen molar-refractivity contribution < 1.29 is 11.0 Å². The van der Waals surface area contributed by atoms with E-state index in [-0.39, 0.29) is 46.0 Å². The van der Waals surface area contributed by atoms with E-state index >= 15 is 0 Å². The minimum atomic E-state index is -0.449. The molecule has 142 valence electrons. The molecule has 0 saturated heterocycles. The smallest absolute Gasteiger partial charge is 0.174 e. The molecule has 0 N–H and O–H groups in total. The molecule has 0 amide bonds. The number of hydrogen-bond donors (Lipinski definition) is 0. The van der Waals surface area contributed by atoms with Crippen molar-refractivity contribution >= 4 is 44.6 Å². The van der Waals surface area contributed by atoms with Crippen molar-refractivity contribution in [2.45, 2.75) is 10.9 Å². The van der Waals surface area contributed by atoms with Gasteiger partial charge in [-0.05, 0) is 48.0 Å². The van der Waals surface area contributed by atoms with Gasteiger partial charge in [0, 0.05) is 22.2 Å². The largest absolute Gasteiger partial charge is 0.309 e. The molecule has 0 radical (unpaired) electrons. The molecule has 0 unspecified atom stereocenters. The maximum absolute atomic E-state index is 8.71. The van der Waals surface area contributed by atoms with E-state index in [9.17, 15) is 0 Å². The van der Waals surface area contributed by atoms with Crippen LogP contribution in [0.1, 0.15) is 16.5 Å². The molecule has 6 aromatic rings. The van der Waals surface area contributed by atoms with Crippen molar-refractivity contribution in [2.24, 2.45) is 0 Å². The van der Waals surface area contributed by atoms with Gasteiger partial charge in [0.05, 0.1) is 38.7 Å². The van der Waals surface area contributed by atoms with Crippen LogP contribution in [0.4, 0.5) is 0 Å². The zero-order chi connectivity index (χ0) is 26.6. The van der Waals surface area contributed by atoms with Crippen LogP contribution in [0.2, 0.25) is 0 Å². The van der Waals surface area contributed by atoms with Crippen molar-refractivity contribution in [3.8, 4) is 11.4 Å². The van der Waals surface area contributed by atoms with Crippen LogP contribution < -0.4 is 0 Å². The molecule has 7 rings (SSSR count). The van der Waals surface area contributed by atoms with Gasteiger partial charge in [-0.15, -0.1) is 0 Å². The molecule has 3 heterocycles. The SMILES string of the molecule is [2H]c1c([2H])c([2H])c2c(c1[2H])c1c([2H])c([2H])c([2H])c([2H])c1n2-c1ccc2c(c1)CSc1nc3ccccc3n1-2. The first kappa shape index (κ1) is 10.5. The zero-order valence-corrected chi connectivity index (χ0v) is 16.3. The summed E-state index contributed by atoms with van der Waals surface area (Å²) in [5, 5.41) is 1.03. The number of hydrogen-bond acceptors (Lipinski definition) is 2. The third kappa shape index (κ3) is 2.14. The van der Waals surface area contributed by atoms with Crippen LogP contribution in [0.5, 0.6) is 0 Å². The number of para-hydroxylation sites is 4. The van der Waals surface area contributed by atoms with Crippen molar-refractivity contribution in [1.29, 1.82) is 0 Å². The summed E-state index contributed by atoms with van der Waals surface area (Å²) in [7, 11) is 0. The van der Waals surface area contributed by atoms with E-state index < -0.39 is 24.2 Å². The Bertz CT molecular complexity index is 1950. The number of nitrogens with zero attached hydrogens (tertiary/aromatic N) is 3. The van der Waals surface area contributed by atoms with Gasteiger partial charge in [-0.2, -0.15) is 0 Å². The van der Waals surface area contributed by atoms with Crippen LogP contribution >= 0.6 is 11.8 Å². The summed E-state index contributed by atoms with van der Waals surface area (Å²) in [6, 6.07) is 10.5. The molecule has 0 saturated carbocycles. The molecule has 0 aliphatic carbocycles. The van der Waals surface area contributed by atoms with Crippen LogP contribution in [0, 0.1) is 0 Å². The van der Waals surface area contributed by atoms with E-state index in [1.807, 2.05) is 42.5 Å². The molecule has 3 nitrogen and oxygen atoms in total. The van der Waals surface area contributed by atoms with Crippen molar-refractivity contribution in [3.05, 3.63) is 96.4 Å². The fourth-order valence-corrected chi connectivity index (χ4v) is 5.20. The molecule has 4 heteroatoms. The minimum Gasteiger partial charge on any atom is -0.309 e. The van der Waals surface area contributed by atoms with Gasteiger partial charge in [0.25, 0.3) is 0 Å². The number of benzene rings is 4. The van der Waals surface area contributed by atoms with E-state index in [1.165, 1.54) is 0 Å². The van der Waals surface area contributed by atoms with Gasteiger partial charge in [-0.1, -0.05) is 60.1 Å². The highest BCUT2D eigenvalue weighted by atomic mass is 32.2. The van der Waals surface area contributed by atoms with Gasteiger partial charge in [-0.3, -0.25) is 4.57 Å². The van der Waals surface area contributed by atoms with E-state index in [2.05, 4.69) is 4.57 Å². The highest BCUT2D eigenvalue weighted by Gasteiger charge is 2.21. The summed E-state index contributed by atoms with van der Waals surface area (Å²) in [6.45, 7) is 0. The molecule has 0 bridgehead atoms. The molecule has 30 heavy (non-hydrogen) atoms. The number of imidazole rings is 1. The Kier molecular flexibility index (Phi) is 2.10. The average Bonchev–Trinajstić information content (AvgIpc) is 3.49. The van der Waals surface area contributed by atoms with Gasteiger partial charge in [0.15, 0.2) is 5.16 Å². The van der Waals surface area contributed by atoms with E-state index in [0.29, 0.717) is 11.4 Å². The maximum atomic E-state index is 8.71. The second-order valence-electron chi connectivity index (χ2n) is 7.10. The number of rotatable bonds is 1. The lowest BCUT2D eigenvalue weighted by Gasteiger charge is -2.20. The van der Waals surface area contributed by atoms with Gasteiger partial charge in [-0.25, -0.2) is 4.98 Å². The first-order chi connectivity index (χ1) is 18.2. The predicted octanol–water partition coefficient (Wildman–Crippen LogP) is 6.73. The average molecular weight is 412 g/mol.